The van der Waals surface area contributed by atoms with Gasteiger partial charge in [-0.15, -0.1) is 0 Å². The van der Waals surface area contributed by atoms with Gasteiger partial charge in [-0.2, -0.15) is 0 Å². The van der Waals surface area contributed by atoms with Crippen molar-refractivity contribution in [2.45, 2.75) is 19.4 Å². The molecule has 1 amide bonds. The fraction of sp³-hybridized carbons (Fsp3) is 0.333. The highest BCUT2D eigenvalue weighted by atomic mass is 16.5. The lowest BCUT2D eigenvalue weighted by Gasteiger charge is -2.27. The van der Waals surface area contributed by atoms with Crippen molar-refractivity contribution in [2.24, 2.45) is 0 Å². The molecule has 1 N–H and O–H groups in total. The van der Waals surface area contributed by atoms with Crippen LogP contribution in [0.5, 0.6) is 5.75 Å². The van der Waals surface area contributed by atoms with Gasteiger partial charge in [0.05, 0.1) is 11.6 Å². The van der Waals surface area contributed by atoms with Crippen molar-refractivity contribution in [3.8, 4) is 5.75 Å². The van der Waals surface area contributed by atoms with Crippen molar-refractivity contribution in [2.75, 3.05) is 33.8 Å². The minimum absolute atomic E-state index is 0.0186. The van der Waals surface area contributed by atoms with Gasteiger partial charge < -0.3 is 24.1 Å². The van der Waals surface area contributed by atoms with Gasteiger partial charge in [-0.05, 0) is 63.8 Å². The second-order valence-electron chi connectivity index (χ2n) is 7.73. The Morgan fingerprint density at radius 1 is 1.32 bits per heavy atom. The van der Waals surface area contributed by atoms with Crippen LogP contribution in [0.4, 0.5) is 0 Å². The third kappa shape index (κ3) is 4.88. The van der Waals surface area contributed by atoms with Crippen LogP contribution < -0.4 is 4.74 Å². The van der Waals surface area contributed by atoms with E-state index in [2.05, 4.69) is 6.58 Å². The number of carbonyl (C=O) groups excluding carboxylic acids is 2. The predicted molar refractivity (Wildman–Crippen MR) is 117 cm³/mol. The van der Waals surface area contributed by atoms with Crippen LogP contribution in [0.2, 0.25) is 0 Å². The maximum Gasteiger partial charge on any atom is 0.290 e. The molecule has 1 aromatic carbocycles. The first-order chi connectivity index (χ1) is 14.8. The van der Waals surface area contributed by atoms with Gasteiger partial charge in [0.15, 0.2) is 11.5 Å². The van der Waals surface area contributed by atoms with E-state index in [1.807, 2.05) is 25.1 Å². The quantitative estimate of drug-likeness (QED) is 0.463. The maximum atomic E-state index is 13.2. The van der Waals surface area contributed by atoms with Gasteiger partial charge in [0.2, 0.25) is 5.78 Å². The zero-order valence-corrected chi connectivity index (χ0v) is 18.1. The lowest BCUT2D eigenvalue weighted by Crippen LogP contribution is -2.33. The number of benzene rings is 1. The highest BCUT2D eigenvalue weighted by Gasteiger charge is 2.44. The molecule has 0 saturated carbocycles. The zero-order chi connectivity index (χ0) is 22.5. The van der Waals surface area contributed by atoms with Crippen LogP contribution in [0.15, 0.2) is 64.8 Å². The molecular weight excluding hydrogens is 396 g/mol. The van der Waals surface area contributed by atoms with Gasteiger partial charge in [-0.1, -0.05) is 24.8 Å². The van der Waals surface area contributed by atoms with Crippen LogP contribution in [0.3, 0.4) is 0 Å². The van der Waals surface area contributed by atoms with Crippen LogP contribution in [0.25, 0.3) is 0 Å². The number of rotatable bonds is 10. The molecule has 7 nitrogen and oxygen atoms in total. The van der Waals surface area contributed by atoms with Crippen LogP contribution in [0, 0.1) is 6.92 Å². The molecule has 0 unspecified atom stereocenters. The number of aliphatic hydroxyl groups is 1. The third-order valence-corrected chi connectivity index (χ3v) is 5.06. The molecule has 164 valence electrons. The largest absolute Gasteiger partial charge is 0.503 e. The number of hydrogen-bond donors (Lipinski definition) is 1. The first-order valence-corrected chi connectivity index (χ1v) is 10.2. The number of ether oxygens (including phenoxy) is 1. The van der Waals surface area contributed by atoms with Crippen molar-refractivity contribution in [3.05, 3.63) is 77.5 Å². The normalized spacial score (nSPS) is 16.3. The van der Waals surface area contributed by atoms with E-state index in [0.29, 0.717) is 36.6 Å². The van der Waals surface area contributed by atoms with Crippen LogP contribution in [-0.2, 0) is 4.79 Å². The van der Waals surface area contributed by atoms with E-state index in [4.69, 9.17) is 9.15 Å². The minimum atomic E-state index is -0.736. The van der Waals surface area contributed by atoms with Crippen LogP contribution in [-0.4, -0.2) is 60.4 Å². The Bertz CT molecular complexity index is 1000. The summed E-state index contributed by atoms with van der Waals surface area (Å²) < 4.78 is 11.1. The zero-order valence-electron chi connectivity index (χ0n) is 18.1. The fourth-order valence-electron chi connectivity index (χ4n) is 3.64. The molecule has 1 aliphatic heterocycles. The predicted octanol–water partition coefficient (Wildman–Crippen LogP) is 3.68. The minimum Gasteiger partial charge on any atom is -0.503 e. The summed E-state index contributed by atoms with van der Waals surface area (Å²) in [6, 6.07) is 9.68. The molecular formula is C24H28N2O5. The average Bonchev–Trinajstić information content (AvgIpc) is 3.28. The molecule has 0 fully saturated rings. The first kappa shape index (κ1) is 22.4. The van der Waals surface area contributed by atoms with E-state index in [1.54, 1.807) is 43.3 Å². The van der Waals surface area contributed by atoms with E-state index in [1.165, 1.54) is 4.90 Å². The topological polar surface area (TPSA) is 83.2 Å². The SMILES string of the molecule is C=CCOc1cccc([C@@H]2C(C(=O)c3ccc(C)o3)=C(O)C(=O)N2CCCN(C)C)c1. The number of ketones is 1. The van der Waals surface area contributed by atoms with Gasteiger partial charge in [0, 0.05) is 6.54 Å². The van der Waals surface area contributed by atoms with Crippen molar-refractivity contribution >= 4 is 11.7 Å². The number of carbonyl (C=O) groups is 2. The van der Waals surface area contributed by atoms with E-state index >= 15 is 0 Å². The second-order valence-corrected chi connectivity index (χ2v) is 7.73. The third-order valence-electron chi connectivity index (χ3n) is 5.06. The average molecular weight is 424 g/mol. The number of Topliss-reactive ketones (excluding diaryl/α,β-unsaturated/α-hetero) is 1. The lowest BCUT2D eigenvalue weighted by atomic mass is 9.95. The summed E-state index contributed by atoms with van der Waals surface area (Å²) in [6.07, 6.45) is 2.33. The van der Waals surface area contributed by atoms with E-state index in [-0.39, 0.29) is 11.3 Å². The Balaban J connectivity index is 2.01. The van der Waals surface area contributed by atoms with Gasteiger partial charge >= 0.3 is 0 Å². The summed E-state index contributed by atoms with van der Waals surface area (Å²) in [4.78, 5) is 29.7. The summed E-state index contributed by atoms with van der Waals surface area (Å²) in [6.45, 7) is 6.86. The molecule has 0 aliphatic carbocycles. The molecule has 1 aliphatic rings. The first-order valence-electron chi connectivity index (χ1n) is 10.2. The Morgan fingerprint density at radius 2 is 2.10 bits per heavy atom. The van der Waals surface area contributed by atoms with Gasteiger partial charge in [-0.3, -0.25) is 9.59 Å². The summed E-state index contributed by atoms with van der Waals surface area (Å²) in [5.41, 5.74) is 0.695. The molecule has 1 atom stereocenters. The van der Waals surface area contributed by atoms with Crippen LogP contribution in [0.1, 0.15) is 34.3 Å². The summed E-state index contributed by atoms with van der Waals surface area (Å²) in [7, 11) is 3.90. The maximum absolute atomic E-state index is 13.2. The fourth-order valence-corrected chi connectivity index (χ4v) is 3.64. The highest BCUT2D eigenvalue weighted by Crippen LogP contribution is 2.40. The van der Waals surface area contributed by atoms with Crippen molar-refractivity contribution in [1.29, 1.82) is 0 Å². The second kappa shape index (κ2) is 9.66. The Kier molecular flexibility index (Phi) is 6.97. The Hall–Kier alpha value is -3.32. The highest BCUT2D eigenvalue weighted by molar-refractivity contribution is 6.15. The number of aliphatic hydroxyl groups excluding tert-OH is 1. The summed E-state index contributed by atoms with van der Waals surface area (Å²) in [5.74, 6) is -0.348. The van der Waals surface area contributed by atoms with Crippen LogP contribution >= 0.6 is 0 Å². The molecule has 31 heavy (non-hydrogen) atoms. The van der Waals surface area contributed by atoms with E-state index in [9.17, 15) is 14.7 Å². The molecule has 0 saturated heterocycles. The van der Waals surface area contributed by atoms with Crippen molar-refractivity contribution in [3.63, 3.8) is 0 Å². The molecule has 0 bridgehead atoms. The number of aryl methyl sites for hydroxylation is 1. The number of nitrogens with zero attached hydrogens (tertiary/aromatic N) is 2. The van der Waals surface area contributed by atoms with Gasteiger partial charge in [0.25, 0.3) is 5.91 Å². The molecule has 7 heteroatoms. The lowest BCUT2D eigenvalue weighted by molar-refractivity contribution is -0.129. The van der Waals surface area contributed by atoms with Crippen molar-refractivity contribution < 1.29 is 23.8 Å². The number of furan rings is 1. The van der Waals surface area contributed by atoms with E-state index in [0.717, 1.165) is 6.54 Å². The standard InChI is InChI=1S/C24H28N2O5/c1-5-14-30-18-9-6-8-17(15-18)21-20(22(27)19-11-10-16(2)31-19)23(28)24(29)26(21)13-7-12-25(3)4/h5-6,8-11,15,21,28H,1,7,12-14H2,2-4H3/t21-/m1/s1. The number of amides is 1. The number of hydrogen-bond acceptors (Lipinski definition) is 6. The molecule has 0 radical (unpaired) electrons. The van der Waals surface area contributed by atoms with E-state index < -0.39 is 23.5 Å². The summed E-state index contributed by atoms with van der Waals surface area (Å²) in [5, 5.41) is 10.7. The molecule has 2 heterocycles. The monoisotopic (exact) mass is 424 g/mol. The van der Waals surface area contributed by atoms with Gasteiger partial charge in [0.1, 0.15) is 18.1 Å². The molecule has 2 aromatic rings. The molecule has 1 aromatic heterocycles. The molecule has 0 spiro atoms. The van der Waals surface area contributed by atoms with Gasteiger partial charge in [-0.25, -0.2) is 0 Å². The summed E-state index contributed by atoms with van der Waals surface area (Å²) >= 11 is 0. The Morgan fingerprint density at radius 3 is 2.74 bits per heavy atom. The Labute approximate surface area is 182 Å². The molecule has 3 rings (SSSR count). The van der Waals surface area contributed by atoms with Crippen molar-refractivity contribution in [1.82, 2.24) is 9.80 Å². The smallest absolute Gasteiger partial charge is 0.290 e.